The number of esters is 1. The number of ether oxygens (including phenoxy) is 12. The SMILES string of the molecule is CC1OC(OC2C(CO)OC(OCC3OC(OC(=O)C45CCC(C)(C)CC4C4=CCC6C7(C)CCC(OC8OCC(OC9OC(CO)C(O)C(O)C9OC9OC(C)C(O)C(O)C9O)C(O)C8O)C(C)(CO)C7CCC6(C)C4(C)CC5)C(O)C(O)C3O)C(O)C2O)C(O)C(O)C1O. The molecule has 0 aromatic rings. The molecule has 6 heterocycles. The molecule has 0 radical (unpaired) electrons. The summed E-state index contributed by atoms with van der Waals surface area (Å²) in [6.45, 7) is 13.1. The molecule has 31 nitrogen and oxygen atoms in total. The van der Waals surface area contributed by atoms with E-state index in [1.165, 1.54) is 13.8 Å². The Kier molecular flexibility index (Phi) is 22.1. The highest BCUT2D eigenvalue weighted by Crippen LogP contribution is 2.76. The lowest BCUT2D eigenvalue weighted by Crippen LogP contribution is -2.67. The summed E-state index contributed by atoms with van der Waals surface area (Å²) in [4.78, 5) is 15.3. The molecule has 0 spiro atoms. The van der Waals surface area contributed by atoms with Gasteiger partial charge in [-0.1, -0.05) is 53.2 Å². The van der Waals surface area contributed by atoms with Gasteiger partial charge in [-0.3, -0.25) is 4.79 Å². The molecule has 6 saturated heterocycles. The quantitative estimate of drug-likeness (QED) is 0.0392. The summed E-state index contributed by atoms with van der Waals surface area (Å²) in [6.07, 6.45) is -39.9. The monoisotopic (exact) mass is 1380 g/mol. The number of carbonyl (C=O) groups excluding carboxylic acids is 1. The molecule has 18 N–H and O–H groups in total. The number of hydrogen-bond donors (Lipinski definition) is 18. The molecule has 6 aliphatic heterocycles. The Morgan fingerprint density at radius 2 is 1.04 bits per heavy atom. The van der Waals surface area contributed by atoms with Crippen LogP contribution in [0.1, 0.15) is 120 Å². The summed E-state index contributed by atoms with van der Waals surface area (Å²) in [5, 5.41) is 196. The van der Waals surface area contributed by atoms with Gasteiger partial charge >= 0.3 is 5.97 Å². The van der Waals surface area contributed by atoms with Gasteiger partial charge in [-0.2, -0.15) is 0 Å². The van der Waals surface area contributed by atoms with Gasteiger partial charge < -0.3 is 149 Å². The number of allylic oxidation sites excluding steroid dienone is 2. The predicted octanol–water partition coefficient (Wildman–Crippen LogP) is -4.72. The first kappa shape index (κ1) is 75.2. The predicted molar refractivity (Wildman–Crippen MR) is 321 cm³/mol. The number of aliphatic hydroxyl groups excluding tert-OH is 18. The average molecular weight is 1380 g/mol. The maximum Gasteiger partial charge on any atom is 0.315 e. The van der Waals surface area contributed by atoms with E-state index in [-0.39, 0.29) is 40.6 Å². The molecular weight excluding hydrogens is 1280 g/mol. The summed E-state index contributed by atoms with van der Waals surface area (Å²) < 4.78 is 71.0. The van der Waals surface area contributed by atoms with Gasteiger partial charge in [0.15, 0.2) is 31.5 Å². The standard InChI is InChI=1S/C65H106O31/c1-25-36(69)41(74)47(80)55(87-25)94-51-30(21-67)90-53(50(83)45(51)78)85-22-31-39(72)43(76)49(82)57(91-31)96-59(84)65-17-15-60(3,4)19-28(65)27-9-10-34-61(5)13-12-35(62(6,24-68)33(61)11-14-64(34,8)63(27,7)16-18-65)93-54-46(79)40(73)32(23-86-54)92-58-52(44(77)38(71)29(20-66)89-58)95-56-48(81)42(75)37(70)26(2)88-56/h9,25-26,28-58,66-83H,10-24H2,1-8H3. The normalized spacial score (nSPS) is 55.1. The van der Waals surface area contributed by atoms with Crippen molar-refractivity contribution in [1.82, 2.24) is 0 Å². The van der Waals surface area contributed by atoms with Gasteiger partial charge in [0.1, 0.15) is 128 Å². The third-order valence-corrected chi connectivity index (χ3v) is 25.3. The minimum atomic E-state index is -1.92. The highest BCUT2D eigenvalue weighted by atomic mass is 16.8. The Morgan fingerprint density at radius 3 is 1.67 bits per heavy atom. The Labute approximate surface area is 556 Å². The fraction of sp³-hybridized carbons (Fsp3) is 0.954. The zero-order chi connectivity index (χ0) is 70.0. The number of hydrogen-bond acceptors (Lipinski definition) is 31. The van der Waals surface area contributed by atoms with Crippen molar-refractivity contribution in [3.05, 3.63) is 11.6 Å². The molecule has 5 aliphatic carbocycles. The Balaban J connectivity index is 0.749. The fourth-order valence-corrected chi connectivity index (χ4v) is 19.0. The molecule has 38 unspecified atom stereocenters. The van der Waals surface area contributed by atoms with Crippen LogP contribution in [0.15, 0.2) is 11.6 Å². The zero-order valence-electron chi connectivity index (χ0n) is 55.6. The van der Waals surface area contributed by atoms with E-state index in [2.05, 4.69) is 40.7 Å². The van der Waals surface area contributed by atoms with Gasteiger partial charge in [-0.05, 0) is 117 Å². The van der Waals surface area contributed by atoms with Crippen molar-refractivity contribution in [2.75, 3.05) is 33.0 Å². The number of aliphatic hydroxyl groups is 18. The van der Waals surface area contributed by atoms with Crippen molar-refractivity contribution in [2.45, 2.75) is 304 Å². The minimum Gasteiger partial charge on any atom is -0.432 e. The molecule has 552 valence electrons. The number of rotatable bonds is 16. The van der Waals surface area contributed by atoms with Crippen LogP contribution in [-0.2, 0) is 61.6 Å². The van der Waals surface area contributed by atoms with Crippen LogP contribution in [0.4, 0.5) is 0 Å². The van der Waals surface area contributed by atoms with Crippen molar-refractivity contribution in [1.29, 1.82) is 0 Å². The summed E-state index contributed by atoms with van der Waals surface area (Å²) in [5.41, 5.74) is -2.19. The van der Waals surface area contributed by atoms with Gasteiger partial charge in [0, 0.05) is 5.41 Å². The molecule has 11 rings (SSSR count). The van der Waals surface area contributed by atoms with Crippen LogP contribution < -0.4 is 0 Å². The van der Waals surface area contributed by atoms with E-state index in [0.717, 1.165) is 12.0 Å². The van der Waals surface area contributed by atoms with Gasteiger partial charge in [-0.25, -0.2) is 0 Å². The summed E-state index contributed by atoms with van der Waals surface area (Å²) >= 11 is 0. The third kappa shape index (κ3) is 12.8. The molecule has 0 aromatic heterocycles. The minimum absolute atomic E-state index is 0.0787. The highest BCUT2D eigenvalue weighted by Gasteiger charge is 2.71. The lowest BCUT2D eigenvalue weighted by molar-refractivity contribution is -0.382. The van der Waals surface area contributed by atoms with Crippen LogP contribution in [-0.4, -0.2) is 315 Å². The molecule has 0 amide bonds. The molecule has 10 fully saturated rings. The van der Waals surface area contributed by atoms with E-state index in [9.17, 15) is 91.9 Å². The first-order chi connectivity index (χ1) is 45.1. The van der Waals surface area contributed by atoms with Crippen molar-refractivity contribution >= 4 is 5.97 Å². The van der Waals surface area contributed by atoms with Gasteiger partial charge in [0.25, 0.3) is 0 Å². The van der Waals surface area contributed by atoms with Crippen LogP contribution in [0.3, 0.4) is 0 Å². The van der Waals surface area contributed by atoms with Crippen molar-refractivity contribution < 1.29 is 154 Å². The first-order valence-corrected chi connectivity index (χ1v) is 34.1. The van der Waals surface area contributed by atoms with Gasteiger partial charge in [0.2, 0.25) is 6.29 Å². The van der Waals surface area contributed by atoms with E-state index in [4.69, 9.17) is 56.8 Å². The van der Waals surface area contributed by atoms with Gasteiger partial charge in [0.05, 0.1) is 56.8 Å². The van der Waals surface area contributed by atoms with E-state index >= 15 is 4.79 Å². The Hall–Kier alpha value is -1.95. The lowest BCUT2D eigenvalue weighted by Gasteiger charge is -2.71. The summed E-state index contributed by atoms with van der Waals surface area (Å²) in [6, 6.07) is 0. The van der Waals surface area contributed by atoms with E-state index in [1.54, 1.807) is 0 Å². The molecule has 0 aromatic carbocycles. The lowest BCUT2D eigenvalue weighted by atomic mass is 9.33. The second-order valence-electron chi connectivity index (χ2n) is 31.3. The topological polar surface area (TPSA) is 492 Å². The molecule has 31 heteroatoms. The third-order valence-electron chi connectivity index (χ3n) is 25.3. The Bertz CT molecular complexity index is 2700. The molecule has 11 aliphatic rings. The van der Waals surface area contributed by atoms with Crippen LogP contribution in [0.5, 0.6) is 0 Å². The highest BCUT2D eigenvalue weighted by molar-refractivity contribution is 5.79. The maximum absolute atomic E-state index is 15.3. The summed E-state index contributed by atoms with van der Waals surface area (Å²) in [5.74, 6) is -1.00. The first-order valence-electron chi connectivity index (χ1n) is 34.1. The smallest absolute Gasteiger partial charge is 0.315 e. The zero-order valence-corrected chi connectivity index (χ0v) is 55.6. The Morgan fingerprint density at radius 1 is 0.500 bits per heavy atom. The second kappa shape index (κ2) is 28.3. The number of fused-ring (bicyclic) bond motifs is 7. The average Bonchev–Trinajstić information content (AvgIpc) is 0.675. The summed E-state index contributed by atoms with van der Waals surface area (Å²) in [7, 11) is 0. The van der Waals surface area contributed by atoms with Crippen molar-refractivity contribution in [3.8, 4) is 0 Å². The van der Waals surface area contributed by atoms with E-state index in [1.807, 2.05) is 6.92 Å². The second-order valence-corrected chi connectivity index (χ2v) is 31.3. The fourth-order valence-electron chi connectivity index (χ4n) is 19.0. The van der Waals surface area contributed by atoms with Crippen LogP contribution >= 0.6 is 0 Å². The molecule has 96 heavy (non-hydrogen) atoms. The van der Waals surface area contributed by atoms with Crippen molar-refractivity contribution in [3.63, 3.8) is 0 Å². The van der Waals surface area contributed by atoms with Crippen LogP contribution in [0.2, 0.25) is 0 Å². The van der Waals surface area contributed by atoms with E-state index < -0.39 is 233 Å². The maximum atomic E-state index is 15.3. The van der Waals surface area contributed by atoms with Gasteiger partial charge in [-0.15, -0.1) is 0 Å². The molecule has 0 bridgehead atoms. The van der Waals surface area contributed by atoms with E-state index in [0.29, 0.717) is 57.8 Å². The molecular formula is C65H106O31. The van der Waals surface area contributed by atoms with Crippen LogP contribution in [0.25, 0.3) is 0 Å². The molecule has 38 atom stereocenters. The van der Waals surface area contributed by atoms with Crippen molar-refractivity contribution in [2.24, 2.45) is 50.2 Å². The number of carbonyl (C=O) groups is 1. The molecule has 4 saturated carbocycles. The van der Waals surface area contributed by atoms with Crippen LogP contribution in [0, 0.1) is 50.2 Å². The largest absolute Gasteiger partial charge is 0.432 e.